The van der Waals surface area contributed by atoms with Crippen LogP contribution in [0.4, 0.5) is 0 Å². The molecule has 1 aliphatic rings. The molecule has 6 heteroatoms. The Labute approximate surface area is 129 Å². The molecule has 1 N–H and O–H groups in total. The van der Waals surface area contributed by atoms with Crippen molar-refractivity contribution in [2.75, 3.05) is 26.8 Å². The number of aromatic nitrogens is 2. The van der Waals surface area contributed by atoms with E-state index in [0.29, 0.717) is 19.8 Å². The summed E-state index contributed by atoms with van der Waals surface area (Å²) < 4.78 is 7.15. The van der Waals surface area contributed by atoms with Crippen molar-refractivity contribution in [2.24, 2.45) is 0 Å². The number of nitrogens with zero attached hydrogens (tertiary/aromatic N) is 3. The molecule has 22 heavy (non-hydrogen) atoms. The highest BCUT2D eigenvalue weighted by Gasteiger charge is 2.24. The van der Waals surface area contributed by atoms with Gasteiger partial charge in [-0.15, -0.1) is 0 Å². The summed E-state index contributed by atoms with van der Waals surface area (Å²) in [6.45, 7) is 2.35. The van der Waals surface area contributed by atoms with Crippen molar-refractivity contribution in [1.82, 2.24) is 20.0 Å². The average molecular weight is 300 g/mol. The summed E-state index contributed by atoms with van der Waals surface area (Å²) in [7, 11) is 1.80. The Morgan fingerprint density at radius 1 is 1.45 bits per heavy atom. The maximum atomic E-state index is 12.3. The van der Waals surface area contributed by atoms with Crippen LogP contribution in [-0.2, 0) is 16.1 Å². The molecule has 1 unspecified atom stereocenters. The molecule has 1 amide bonds. The number of hydrogen-bond acceptors (Lipinski definition) is 4. The summed E-state index contributed by atoms with van der Waals surface area (Å²) in [5, 5.41) is 7.53. The monoisotopic (exact) mass is 300 g/mol. The van der Waals surface area contributed by atoms with E-state index in [-0.39, 0.29) is 11.9 Å². The Morgan fingerprint density at radius 2 is 2.27 bits per heavy atom. The van der Waals surface area contributed by atoms with Gasteiger partial charge < -0.3 is 15.0 Å². The topological polar surface area (TPSA) is 59.4 Å². The number of amides is 1. The van der Waals surface area contributed by atoms with Gasteiger partial charge in [-0.05, 0) is 12.1 Å². The van der Waals surface area contributed by atoms with Crippen LogP contribution in [0, 0.1) is 0 Å². The first kappa shape index (κ1) is 14.7. The number of carbonyl (C=O) groups excluding carboxylic acids is 1. The summed E-state index contributed by atoms with van der Waals surface area (Å²) in [5.74, 6) is 0.0483. The van der Waals surface area contributed by atoms with Crippen LogP contribution in [-0.4, -0.2) is 53.4 Å². The molecule has 0 aliphatic carbocycles. The molecule has 1 atom stereocenters. The Morgan fingerprint density at radius 3 is 3.00 bits per heavy atom. The molecule has 1 aromatic heterocycles. The molecule has 1 saturated heterocycles. The number of hydrogen-bond donors (Lipinski definition) is 1. The van der Waals surface area contributed by atoms with E-state index in [1.165, 1.54) is 0 Å². The van der Waals surface area contributed by atoms with Gasteiger partial charge in [0.1, 0.15) is 6.04 Å². The number of nitrogens with one attached hydrogen (secondary N) is 1. The highest BCUT2D eigenvalue weighted by atomic mass is 16.5. The van der Waals surface area contributed by atoms with E-state index in [2.05, 4.69) is 10.4 Å². The second-order valence-electron chi connectivity index (χ2n) is 5.40. The zero-order chi connectivity index (χ0) is 15.4. The van der Waals surface area contributed by atoms with Crippen molar-refractivity contribution in [3.8, 4) is 5.69 Å². The molecule has 1 aromatic carbocycles. The fourth-order valence-corrected chi connectivity index (χ4v) is 2.51. The lowest BCUT2D eigenvalue weighted by atomic mass is 10.2. The number of ether oxygens (including phenoxy) is 1. The van der Waals surface area contributed by atoms with Crippen molar-refractivity contribution in [3.05, 3.63) is 48.3 Å². The SMILES string of the molecule is CN(Cc1cnn(-c2ccccc2)c1)C(=O)C1COCCN1. The van der Waals surface area contributed by atoms with E-state index in [1.807, 2.05) is 41.2 Å². The van der Waals surface area contributed by atoms with Crippen molar-refractivity contribution < 1.29 is 9.53 Å². The number of para-hydroxylation sites is 1. The summed E-state index contributed by atoms with van der Waals surface area (Å²) in [4.78, 5) is 14.0. The third-order valence-electron chi connectivity index (χ3n) is 3.67. The Hall–Kier alpha value is -2.18. The summed E-state index contributed by atoms with van der Waals surface area (Å²) in [5.41, 5.74) is 2.00. The third kappa shape index (κ3) is 3.35. The maximum Gasteiger partial charge on any atom is 0.242 e. The van der Waals surface area contributed by atoms with Crippen LogP contribution in [0.3, 0.4) is 0 Å². The standard InChI is InChI=1S/C16H20N4O2/c1-19(16(21)15-12-22-8-7-17-15)10-13-9-18-20(11-13)14-5-3-2-4-6-14/h2-6,9,11,15,17H,7-8,10,12H2,1H3. The molecule has 0 saturated carbocycles. The lowest BCUT2D eigenvalue weighted by Crippen LogP contribution is -2.51. The minimum Gasteiger partial charge on any atom is -0.378 e. The van der Waals surface area contributed by atoms with Gasteiger partial charge in [0.2, 0.25) is 5.91 Å². The molecule has 0 bridgehead atoms. The van der Waals surface area contributed by atoms with Gasteiger partial charge in [0.05, 0.1) is 25.1 Å². The lowest BCUT2D eigenvalue weighted by molar-refractivity contribution is -0.135. The molecule has 116 valence electrons. The molecule has 3 rings (SSSR count). The smallest absolute Gasteiger partial charge is 0.242 e. The van der Waals surface area contributed by atoms with E-state index < -0.39 is 0 Å². The minimum absolute atomic E-state index is 0.0483. The summed E-state index contributed by atoms with van der Waals surface area (Å²) >= 11 is 0. The predicted octanol–water partition coefficient (Wildman–Crippen LogP) is 0.819. The molecule has 1 fully saturated rings. The van der Waals surface area contributed by atoms with Crippen LogP contribution in [0.2, 0.25) is 0 Å². The van der Waals surface area contributed by atoms with Crippen LogP contribution in [0.25, 0.3) is 5.69 Å². The maximum absolute atomic E-state index is 12.3. The Kier molecular flexibility index (Phi) is 4.50. The zero-order valence-electron chi connectivity index (χ0n) is 12.6. The molecular formula is C16H20N4O2. The first-order valence-electron chi connectivity index (χ1n) is 7.39. The average Bonchev–Trinajstić information content (AvgIpc) is 3.04. The number of carbonyl (C=O) groups is 1. The molecule has 2 aromatic rings. The van der Waals surface area contributed by atoms with E-state index >= 15 is 0 Å². The van der Waals surface area contributed by atoms with Gasteiger partial charge >= 0.3 is 0 Å². The number of morpholine rings is 1. The van der Waals surface area contributed by atoms with Crippen LogP contribution >= 0.6 is 0 Å². The largest absolute Gasteiger partial charge is 0.378 e. The quantitative estimate of drug-likeness (QED) is 0.908. The van der Waals surface area contributed by atoms with Gasteiger partial charge in [-0.2, -0.15) is 5.10 Å². The van der Waals surface area contributed by atoms with E-state index in [0.717, 1.165) is 17.8 Å². The predicted molar refractivity (Wildman–Crippen MR) is 82.6 cm³/mol. The van der Waals surface area contributed by atoms with Gasteiger partial charge in [0.15, 0.2) is 0 Å². The number of benzene rings is 1. The Balaban J connectivity index is 1.63. The van der Waals surface area contributed by atoms with Crippen molar-refractivity contribution in [2.45, 2.75) is 12.6 Å². The van der Waals surface area contributed by atoms with Crippen LogP contribution in [0.5, 0.6) is 0 Å². The summed E-state index contributed by atoms with van der Waals surface area (Å²) in [6, 6.07) is 9.66. The first-order valence-corrected chi connectivity index (χ1v) is 7.39. The van der Waals surface area contributed by atoms with E-state index in [4.69, 9.17) is 4.74 Å². The van der Waals surface area contributed by atoms with Crippen molar-refractivity contribution >= 4 is 5.91 Å². The van der Waals surface area contributed by atoms with Gasteiger partial charge in [0, 0.05) is 31.9 Å². The van der Waals surface area contributed by atoms with Crippen molar-refractivity contribution in [1.29, 1.82) is 0 Å². The molecule has 0 radical (unpaired) electrons. The fourth-order valence-electron chi connectivity index (χ4n) is 2.51. The Bertz CT molecular complexity index is 620. The van der Waals surface area contributed by atoms with Crippen LogP contribution < -0.4 is 5.32 Å². The second-order valence-corrected chi connectivity index (χ2v) is 5.40. The fraction of sp³-hybridized carbons (Fsp3) is 0.375. The molecule has 1 aliphatic heterocycles. The lowest BCUT2D eigenvalue weighted by Gasteiger charge is -2.27. The van der Waals surface area contributed by atoms with E-state index in [9.17, 15) is 4.79 Å². The van der Waals surface area contributed by atoms with Crippen molar-refractivity contribution in [3.63, 3.8) is 0 Å². The minimum atomic E-state index is -0.247. The zero-order valence-corrected chi connectivity index (χ0v) is 12.6. The van der Waals surface area contributed by atoms with Gasteiger partial charge in [0.25, 0.3) is 0 Å². The molecule has 6 nitrogen and oxygen atoms in total. The number of rotatable bonds is 4. The molecule has 2 heterocycles. The first-order chi connectivity index (χ1) is 10.7. The normalized spacial score (nSPS) is 18.1. The van der Waals surface area contributed by atoms with Crippen LogP contribution in [0.15, 0.2) is 42.7 Å². The second kappa shape index (κ2) is 6.72. The molecular weight excluding hydrogens is 280 g/mol. The highest BCUT2D eigenvalue weighted by molar-refractivity contribution is 5.81. The third-order valence-corrected chi connectivity index (χ3v) is 3.67. The van der Waals surface area contributed by atoms with Crippen LogP contribution in [0.1, 0.15) is 5.56 Å². The number of likely N-dealkylation sites (N-methyl/N-ethyl adjacent to an activating group) is 1. The van der Waals surface area contributed by atoms with Gasteiger partial charge in [-0.1, -0.05) is 18.2 Å². The van der Waals surface area contributed by atoms with Gasteiger partial charge in [-0.25, -0.2) is 4.68 Å². The summed E-state index contributed by atoms with van der Waals surface area (Å²) in [6.07, 6.45) is 3.74. The van der Waals surface area contributed by atoms with Gasteiger partial charge in [-0.3, -0.25) is 4.79 Å². The van der Waals surface area contributed by atoms with E-state index in [1.54, 1.807) is 18.1 Å². The highest BCUT2D eigenvalue weighted by Crippen LogP contribution is 2.10. The molecule has 0 spiro atoms.